The Morgan fingerprint density at radius 3 is 2.57 bits per heavy atom. The number of hydrogen-bond donors (Lipinski definition) is 1. The molecule has 0 unspecified atom stereocenters. The van der Waals surface area contributed by atoms with Gasteiger partial charge in [-0.25, -0.2) is 4.98 Å². The Labute approximate surface area is 86.3 Å². The Balaban J connectivity index is 2.97. The standard InChI is InChI=1S/C11H21N3/c1-4-11(3,5-2)14-9-13-8-10(14)6-7-12/h8-9H,4-7,12H2,1-3H3. The van der Waals surface area contributed by atoms with Crippen LogP contribution in [0.3, 0.4) is 0 Å². The summed E-state index contributed by atoms with van der Waals surface area (Å²) in [5.74, 6) is 0. The van der Waals surface area contributed by atoms with Gasteiger partial charge in [0.2, 0.25) is 0 Å². The topological polar surface area (TPSA) is 43.8 Å². The minimum Gasteiger partial charge on any atom is -0.330 e. The van der Waals surface area contributed by atoms with Crippen molar-refractivity contribution in [1.29, 1.82) is 0 Å². The molecule has 0 amide bonds. The van der Waals surface area contributed by atoms with Crippen LogP contribution in [-0.2, 0) is 12.0 Å². The lowest BCUT2D eigenvalue weighted by atomic mass is 9.95. The predicted octanol–water partition coefficient (Wildman–Crippen LogP) is 1.92. The molecule has 1 rings (SSSR count). The van der Waals surface area contributed by atoms with Gasteiger partial charge in [-0.05, 0) is 26.3 Å². The number of nitrogens with two attached hydrogens (primary N) is 1. The van der Waals surface area contributed by atoms with Crippen molar-refractivity contribution in [2.24, 2.45) is 5.73 Å². The van der Waals surface area contributed by atoms with E-state index in [1.807, 2.05) is 12.5 Å². The van der Waals surface area contributed by atoms with Crippen LogP contribution in [0.4, 0.5) is 0 Å². The zero-order chi connectivity index (χ0) is 10.6. The second-order valence-corrected chi connectivity index (χ2v) is 4.00. The molecule has 0 radical (unpaired) electrons. The molecule has 1 aromatic heterocycles. The van der Waals surface area contributed by atoms with Crippen molar-refractivity contribution in [3.05, 3.63) is 18.2 Å². The Kier molecular flexibility index (Phi) is 3.69. The van der Waals surface area contributed by atoms with Gasteiger partial charge in [0, 0.05) is 23.9 Å². The first-order valence-corrected chi connectivity index (χ1v) is 5.39. The molecular formula is C11H21N3. The van der Waals surface area contributed by atoms with Crippen molar-refractivity contribution >= 4 is 0 Å². The van der Waals surface area contributed by atoms with Gasteiger partial charge in [-0.15, -0.1) is 0 Å². The van der Waals surface area contributed by atoms with Gasteiger partial charge in [0.1, 0.15) is 0 Å². The third-order valence-corrected chi connectivity index (χ3v) is 3.22. The summed E-state index contributed by atoms with van der Waals surface area (Å²) in [4.78, 5) is 4.21. The SMILES string of the molecule is CCC(C)(CC)n1cncc1CCN. The van der Waals surface area contributed by atoms with Crippen LogP contribution in [0.1, 0.15) is 39.3 Å². The minimum absolute atomic E-state index is 0.195. The van der Waals surface area contributed by atoms with E-state index < -0.39 is 0 Å². The van der Waals surface area contributed by atoms with Crippen LogP contribution in [-0.4, -0.2) is 16.1 Å². The zero-order valence-corrected chi connectivity index (χ0v) is 9.45. The highest BCUT2D eigenvalue weighted by atomic mass is 15.1. The second-order valence-electron chi connectivity index (χ2n) is 4.00. The first kappa shape index (κ1) is 11.2. The van der Waals surface area contributed by atoms with Crippen molar-refractivity contribution in [2.75, 3.05) is 6.54 Å². The van der Waals surface area contributed by atoms with Gasteiger partial charge in [0.25, 0.3) is 0 Å². The average Bonchev–Trinajstić information content (AvgIpc) is 2.66. The molecule has 3 nitrogen and oxygen atoms in total. The molecule has 0 saturated carbocycles. The van der Waals surface area contributed by atoms with Gasteiger partial charge in [0.05, 0.1) is 6.33 Å². The Bertz CT molecular complexity index is 274. The molecule has 0 fully saturated rings. The van der Waals surface area contributed by atoms with E-state index >= 15 is 0 Å². The second kappa shape index (κ2) is 4.60. The number of imidazole rings is 1. The van der Waals surface area contributed by atoms with Gasteiger partial charge in [-0.2, -0.15) is 0 Å². The normalized spacial score (nSPS) is 12.0. The fraction of sp³-hybridized carbons (Fsp3) is 0.727. The zero-order valence-electron chi connectivity index (χ0n) is 9.45. The van der Waals surface area contributed by atoms with E-state index in [0.29, 0.717) is 6.54 Å². The Morgan fingerprint density at radius 1 is 1.43 bits per heavy atom. The highest BCUT2D eigenvalue weighted by Crippen LogP contribution is 2.25. The van der Waals surface area contributed by atoms with Crippen LogP contribution in [0, 0.1) is 0 Å². The van der Waals surface area contributed by atoms with E-state index in [-0.39, 0.29) is 5.54 Å². The molecule has 0 spiro atoms. The van der Waals surface area contributed by atoms with E-state index in [1.54, 1.807) is 0 Å². The van der Waals surface area contributed by atoms with Crippen LogP contribution < -0.4 is 5.73 Å². The van der Waals surface area contributed by atoms with Crippen LogP contribution >= 0.6 is 0 Å². The molecule has 0 aliphatic carbocycles. The molecule has 0 aromatic carbocycles. The van der Waals surface area contributed by atoms with Gasteiger partial charge in [-0.1, -0.05) is 13.8 Å². The maximum absolute atomic E-state index is 5.57. The van der Waals surface area contributed by atoms with Crippen LogP contribution in [0.15, 0.2) is 12.5 Å². The number of nitrogens with zero attached hydrogens (tertiary/aromatic N) is 2. The number of hydrogen-bond acceptors (Lipinski definition) is 2. The lowest BCUT2D eigenvalue weighted by Gasteiger charge is -2.30. The van der Waals surface area contributed by atoms with Gasteiger partial charge in [0.15, 0.2) is 0 Å². The average molecular weight is 195 g/mol. The first-order chi connectivity index (χ1) is 6.68. The van der Waals surface area contributed by atoms with E-state index in [4.69, 9.17) is 5.73 Å². The maximum atomic E-state index is 5.57. The van der Waals surface area contributed by atoms with Crippen LogP contribution in [0.5, 0.6) is 0 Å². The van der Waals surface area contributed by atoms with Crippen molar-refractivity contribution in [3.63, 3.8) is 0 Å². The highest BCUT2D eigenvalue weighted by Gasteiger charge is 2.23. The molecule has 0 aliphatic rings. The number of rotatable bonds is 5. The summed E-state index contributed by atoms with van der Waals surface area (Å²) in [6, 6.07) is 0. The summed E-state index contributed by atoms with van der Waals surface area (Å²) in [7, 11) is 0. The summed E-state index contributed by atoms with van der Waals surface area (Å²) in [6.45, 7) is 7.40. The predicted molar refractivity (Wildman–Crippen MR) is 59.2 cm³/mol. The maximum Gasteiger partial charge on any atom is 0.0953 e. The molecule has 1 heterocycles. The fourth-order valence-corrected chi connectivity index (χ4v) is 1.73. The van der Waals surface area contributed by atoms with Crippen LogP contribution in [0.25, 0.3) is 0 Å². The smallest absolute Gasteiger partial charge is 0.0953 e. The van der Waals surface area contributed by atoms with E-state index in [9.17, 15) is 0 Å². The van der Waals surface area contributed by atoms with Gasteiger partial charge in [-0.3, -0.25) is 0 Å². The van der Waals surface area contributed by atoms with E-state index in [0.717, 1.165) is 19.3 Å². The quantitative estimate of drug-likeness (QED) is 0.780. The summed E-state index contributed by atoms with van der Waals surface area (Å²) in [5, 5.41) is 0. The molecule has 14 heavy (non-hydrogen) atoms. The Hall–Kier alpha value is -0.830. The fourth-order valence-electron chi connectivity index (χ4n) is 1.73. The van der Waals surface area contributed by atoms with Crippen molar-refractivity contribution in [3.8, 4) is 0 Å². The summed E-state index contributed by atoms with van der Waals surface area (Å²) in [5.41, 5.74) is 7.02. The summed E-state index contributed by atoms with van der Waals surface area (Å²) >= 11 is 0. The van der Waals surface area contributed by atoms with Crippen molar-refractivity contribution < 1.29 is 0 Å². The van der Waals surface area contributed by atoms with Crippen molar-refractivity contribution in [1.82, 2.24) is 9.55 Å². The largest absolute Gasteiger partial charge is 0.330 e. The van der Waals surface area contributed by atoms with E-state index in [2.05, 4.69) is 30.3 Å². The lowest BCUT2D eigenvalue weighted by Crippen LogP contribution is -2.30. The third-order valence-electron chi connectivity index (χ3n) is 3.22. The van der Waals surface area contributed by atoms with Gasteiger partial charge < -0.3 is 10.3 Å². The van der Waals surface area contributed by atoms with Gasteiger partial charge >= 0.3 is 0 Å². The molecule has 3 heteroatoms. The monoisotopic (exact) mass is 195 g/mol. The highest BCUT2D eigenvalue weighted by molar-refractivity contribution is 5.03. The van der Waals surface area contributed by atoms with Crippen molar-refractivity contribution in [2.45, 2.75) is 45.6 Å². The summed E-state index contributed by atoms with van der Waals surface area (Å²) < 4.78 is 2.28. The number of aromatic nitrogens is 2. The summed E-state index contributed by atoms with van der Waals surface area (Å²) in [6.07, 6.45) is 7.01. The molecule has 1 aromatic rings. The minimum atomic E-state index is 0.195. The molecule has 2 N–H and O–H groups in total. The Morgan fingerprint density at radius 2 is 2.07 bits per heavy atom. The van der Waals surface area contributed by atoms with Crippen LogP contribution in [0.2, 0.25) is 0 Å². The third kappa shape index (κ3) is 1.98. The molecule has 0 aliphatic heterocycles. The molecule has 0 bridgehead atoms. The molecule has 80 valence electrons. The van der Waals surface area contributed by atoms with E-state index in [1.165, 1.54) is 5.69 Å². The first-order valence-electron chi connectivity index (χ1n) is 5.39. The molecule has 0 atom stereocenters. The molecule has 0 saturated heterocycles. The lowest BCUT2D eigenvalue weighted by molar-refractivity contribution is 0.286. The molecular weight excluding hydrogens is 174 g/mol.